The molecular formula is C22H27N3O2. The van der Waals surface area contributed by atoms with Crippen molar-refractivity contribution in [1.82, 2.24) is 9.80 Å². The molecule has 1 aliphatic heterocycles. The van der Waals surface area contributed by atoms with Crippen LogP contribution in [0.3, 0.4) is 0 Å². The summed E-state index contributed by atoms with van der Waals surface area (Å²) in [6.45, 7) is 7.15. The molecule has 0 aliphatic carbocycles. The van der Waals surface area contributed by atoms with Crippen LogP contribution in [0.1, 0.15) is 18.1 Å². The molecule has 1 fully saturated rings. The minimum Gasteiger partial charge on any atom is -0.368 e. The predicted molar refractivity (Wildman–Crippen MR) is 108 cm³/mol. The van der Waals surface area contributed by atoms with E-state index in [-0.39, 0.29) is 18.4 Å². The number of amides is 2. The fourth-order valence-corrected chi connectivity index (χ4v) is 3.39. The molecule has 1 heterocycles. The Bertz CT molecular complexity index is 783. The molecule has 0 spiro atoms. The molecule has 0 saturated carbocycles. The molecule has 0 unspecified atom stereocenters. The van der Waals surface area contributed by atoms with Gasteiger partial charge in [-0.3, -0.25) is 9.59 Å². The highest BCUT2D eigenvalue weighted by Crippen LogP contribution is 2.16. The SMILES string of the molecule is CC(=O)N(CC(=O)N1CCN(c2ccccc2)CC1)Cc1ccccc1C. The second-order valence-electron chi connectivity index (χ2n) is 7.00. The van der Waals surface area contributed by atoms with E-state index in [2.05, 4.69) is 17.0 Å². The van der Waals surface area contributed by atoms with E-state index in [0.29, 0.717) is 19.6 Å². The maximum atomic E-state index is 12.7. The number of nitrogens with zero attached hydrogens (tertiary/aromatic N) is 3. The summed E-state index contributed by atoms with van der Waals surface area (Å²) in [7, 11) is 0. The van der Waals surface area contributed by atoms with Crippen LogP contribution in [0, 0.1) is 6.92 Å². The van der Waals surface area contributed by atoms with Gasteiger partial charge in [-0.25, -0.2) is 0 Å². The van der Waals surface area contributed by atoms with E-state index in [4.69, 9.17) is 0 Å². The Morgan fingerprint density at radius 2 is 1.56 bits per heavy atom. The molecule has 0 bridgehead atoms. The lowest BCUT2D eigenvalue weighted by atomic mass is 10.1. The van der Waals surface area contributed by atoms with E-state index < -0.39 is 0 Å². The zero-order valence-corrected chi connectivity index (χ0v) is 16.1. The zero-order chi connectivity index (χ0) is 19.2. The minimum absolute atomic E-state index is 0.0199. The van der Waals surface area contributed by atoms with Gasteiger partial charge in [0.15, 0.2) is 0 Å². The van der Waals surface area contributed by atoms with Gasteiger partial charge in [-0.15, -0.1) is 0 Å². The molecule has 27 heavy (non-hydrogen) atoms. The molecule has 0 aromatic heterocycles. The molecule has 2 amide bonds. The summed E-state index contributed by atoms with van der Waals surface area (Å²) in [6.07, 6.45) is 0. The van der Waals surface area contributed by atoms with Gasteiger partial charge in [0.2, 0.25) is 11.8 Å². The molecule has 2 aromatic carbocycles. The van der Waals surface area contributed by atoms with E-state index in [1.165, 1.54) is 12.6 Å². The quantitative estimate of drug-likeness (QED) is 0.818. The molecule has 142 valence electrons. The van der Waals surface area contributed by atoms with Gasteiger partial charge in [0.25, 0.3) is 0 Å². The van der Waals surface area contributed by atoms with Crippen LogP contribution in [0.2, 0.25) is 0 Å². The van der Waals surface area contributed by atoms with E-state index in [1.54, 1.807) is 4.90 Å². The normalized spacial score (nSPS) is 14.1. The fourth-order valence-electron chi connectivity index (χ4n) is 3.39. The molecule has 2 aromatic rings. The van der Waals surface area contributed by atoms with Crippen molar-refractivity contribution < 1.29 is 9.59 Å². The Hall–Kier alpha value is -2.82. The number of hydrogen-bond donors (Lipinski definition) is 0. The molecule has 0 N–H and O–H groups in total. The standard InChI is InChI=1S/C22H27N3O2/c1-18-8-6-7-9-20(18)16-25(19(2)26)17-22(27)24-14-12-23(13-15-24)21-10-4-3-5-11-21/h3-11H,12-17H2,1-2H3. The maximum absolute atomic E-state index is 12.7. The third-order valence-electron chi connectivity index (χ3n) is 5.15. The highest BCUT2D eigenvalue weighted by molar-refractivity contribution is 5.84. The first kappa shape index (κ1) is 19.0. The van der Waals surface area contributed by atoms with Crippen molar-refractivity contribution in [2.75, 3.05) is 37.6 Å². The number of para-hydroxylation sites is 1. The average molecular weight is 365 g/mol. The third kappa shape index (κ3) is 4.88. The second-order valence-corrected chi connectivity index (χ2v) is 7.00. The van der Waals surface area contributed by atoms with Crippen LogP contribution in [0.15, 0.2) is 54.6 Å². The summed E-state index contributed by atoms with van der Waals surface area (Å²) in [5.74, 6) is -0.0546. The van der Waals surface area contributed by atoms with Crippen molar-refractivity contribution >= 4 is 17.5 Å². The van der Waals surface area contributed by atoms with Crippen molar-refractivity contribution in [2.24, 2.45) is 0 Å². The average Bonchev–Trinajstić information content (AvgIpc) is 2.69. The lowest BCUT2D eigenvalue weighted by Crippen LogP contribution is -2.51. The molecule has 3 rings (SSSR count). The van der Waals surface area contributed by atoms with Gasteiger partial charge in [-0.05, 0) is 30.2 Å². The highest BCUT2D eigenvalue weighted by atomic mass is 16.2. The van der Waals surface area contributed by atoms with Crippen LogP contribution < -0.4 is 4.90 Å². The number of carbonyl (C=O) groups is 2. The van der Waals surface area contributed by atoms with Crippen molar-refractivity contribution in [3.8, 4) is 0 Å². The molecule has 5 heteroatoms. The summed E-state index contributed by atoms with van der Waals surface area (Å²) in [5.41, 5.74) is 3.40. The number of piperazine rings is 1. The Labute approximate surface area is 161 Å². The van der Waals surface area contributed by atoms with Crippen molar-refractivity contribution in [3.63, 3.8) is 0 Å². The summed E-state index contributed by atoms with van der Waals surface area (Å²) in [5, 5.41) is 0. The van der Waals surface area contributed by atoms with E-state index in [0.717, 1.165) is 24.2 Å². The van der Waals surface area contributed by atoms with Gasteiger partial charge in [0.1, 0.15) is 6.54 Å². The number of rotatable bonds is 5. The zero-order valence-electron chi connectivity index (χ0n) is 16.1. The van der Waals surface area contributed by atoms with Crippen LogP contribution in [0.25, 0.3) is 0 Å². The smallest absolute Gasteiger partial charge is 0.242 e. The molecule has 1 saturated heterocycles. The van der Waals surface area contributed by atoms with Crippen molar-refractivity contribution in [1.29, 1.82) is 0 Å². The van der Waals surface area contributed by atoms with Gasteiger partial charge < -0.3 is 14.7 Å². The number of benzene rings is 2. The van der Waals surface area contributed by atoms with Gasteiger partial charge >= 0.3 is 0 Å². The van der Waals surface area contributed by atoms with Crippen LogP contribution in [0.5, 0.6) is 0 Å². The van der Waals surface area contributed by atoms with Gasteiger partial charge in [-0.2, -0.15) is 0 Å². The molecule has 1 aliphatic rings. The highest BCUT2D eigenvalue weighted by Gasteiger charge is 2.24. The Morgan fingerprint density at radius 3 is 2.19 bits per heavy atom. The van der Waals surface area contributed by atoms with Crippen LogP contribution in [-0.4, -0.2) is 54.3 Å². The molecule has 5 nitrogen and oxygen atoms in total. The first-order chi connectivity index (χ1) is 13.0. The van der Waals surface area contributed by atoms with Gasteiger partial charge in [0, 0.05) is 45.3 Å². The van der Waals surface area contributed by atoms with Crippen molar-refractivity contribution in [2.45, 2.75) is 20.4 Å². The number of aryl methyl sites for hydroxylation is 1. The monoisotopic (exact) mass is 365 g/mol. The van der Waals surface area contributed by atoms with Crippen LogP contribution in [-0.2, 0) is 16.1 Å². The summed E-state index contributed by atoms with van der Waals surface area (Å²) < 4.78 is 0. The predicted octanol–water partition coefficient (Wildman–Crippen LogP) is 2.69. The van der Waals surface area contributed by atoms with E-state index >= 15 is 0 Å². The van der Waals surface area contributed by atoms with Gasteiger partial charge in [-0.1, -0.05) is 42.5 Å². The fraction of sp³-hybridized carbons (Fsp3) is 0.364. The second kappa shape index (κ2) is 8.71. The number of hydrogen-bond acceptors (Lipinski definition) is 3. The summed E-state index contributed by atoms with van der Waals surface area (Å²) >= 11 is 0. The lowest BCUT2D eigenvalue weighted by Gasteiger charge is -2.37. The molecule has 0 radical (unpaired) electrons. The van der Waals surface area contributed by atoms with Crippen LogP contribution in [0.4, 0.5) is 5.69 Å². The molecular weight excluding hydrogens is 338 g/mol. The largest absolute Gasteiger partial charge is 0.368 e. The summed E-state index contributed by atoms with van der Waals surface area (Å²) in [6, 6.07) is 18.2. The maximum Gasteiger partial charge on any atom is 0.242 e. The lowest BCUT2D eigenvalue weighted by molar-refractivity contribution is -0.140. The Morgan fingerprint density at radius 1 is 0.926 bits per heavy atom. The summed E-state index contributed by atoms with van der Waals surface area (Å²) in [4.78, 5) is 30.6. The first-order valence-corrected chi connectivity index (χ1v) is 9.42. The van der Waals surface area contributed by atoms with Gasteiger partial charge in [0.05, 0.1) is 0 Å². The number of anilines is 1. The minimum atomic E-state index is -0.0745. The third-order valence-corrected chi connectivity index (χ3v) is 5.15. The topological polar surface area (TPSA) is 43.9 Å². The van der Waals surface area contributed by atoms with E-state index in [1.807, 2.05) is 54.3 Å². The van der Waals surface area contributed by atoms with Crippen LogP contribution >= 0.6 is 0 Å². The Kier molecular flexibility index (Phi) is 6.12. The number of carbonyl (C=O) groups excluding carboxylic acids is 2. The van der Waals surface area contributed by atoms with E-state index in [9.17, 15) is 9.59 Å². The first-order valence-electron chi connectivity index (χ1n) is 9.42. The van der Waals surface area contributed by atoms with Crippen molar-refractivity contribution in [3.05, 3.63) is 65.7 Å². The Balaban J connectivity index is 1.57. The molecule has 0 atom stereocenters.